The van der Waals surface area contributed by atoms with Gasteiger partial charge in [-0.2, -0.15) is 0 Å². The minimum absolute atomic E-state index is 0.520. The minimum atomic E-state index is 0.520. The second-order valence-corrected chi connectivity index (χ2v) is 5.79. The van der Waals surface area contributed by atoms with Crippen molar-refractivity contribution in [3.05, 3.63) is 41.8 Å². The molecule has 1 aromatic carbocycles. The van der Waals surface area contributed by atoms with Crippen LogP contribution in [0.1, 0.15) is 17.9 Å². The van der Waals surface area contributed by atoms with E-state index in [1.165, 1.54) is 12.0 Å². The summed E-state index contributed by atoms with van der Waals surface area (Å²) in [5.74, 6) is 1.24. The minimum Gasteiger partial charge on any atom is -0.407 e. The molecule has 1 aliphatic heterocycles. The molecule has 2 N–H and O–H groups in total. The van der Waals surface area contributed by atoms with Crippen molar-refractivity contribution in [3.63, 3.8) is 0 Å². The molecule has 1 saturated heterocycles. The lowest BCUT2D eigenvalue weighted by Gasteiger charge is -2.16. The van der Waals surface area contributed by atoms with Gasteiger partial charge >= 0.3 is 6.01 Å². The van der Waals surface area contributed by atoms with Gasteiger partial charge in [0.25, 0.3) is 0 Å². The van der Waals surface area contributed by atoms with Gasteiger partial charge in [-0.1, -0.05) is 35.4 Å². The van der Waals surface area contributed by atoms with Crippen molar-refractivity contribution in [3.8, 4) is 0 Å². The Balaban J connectivity index is 1.42. The molecule has 0 amide bonds. The zero-order chi connectivity index (χ0) is 15.2. The quantitative estimate of drug-likeness (QED) is 0.812. The lowest BCUT2D eigenvalue weighted by atomic mass is 10.1. The molecule has 3 rings (SSSR count). The zero-order valence-corrected chi connectivity index (χ0v) is 13.0. The molecule has 2 heterocycles. The molecular formula is C16H23N5O. The molecular weight excluding hydrogens is 278 g/mol. The molecule has 6 nitrogen and oxygen atoms in total. The van der Waals surface area contributed by atoms with Gasteiger partial charge in [-0.05, 0) is 31.5 Å². The first-order valence-corrected chi connectivity index (χ1v) is 7.80. The highest BCUT2D eigenvalue weighted by molar-refractivity contribution is 5.17. The van der Waals surface area contributed by atoms with Crippen LogP contribution >= 0.6 is 0 Å². The summed E-state index contributed by atoms with van der Waals surface area (Å²) in [7, 11) is 1.86. The van der Waals surface area contributed by atoms with Gasteiger partial charge in [0, 0.05) is 19.6 Å². The summed E-state index contributed by atoms with van der Waals surface area (Å²) in [6, 6.07) is 11.2. The molecule has 22 heavy (non-hydrogen) atoms. The normalized spacial score (nSPS) is 18.7. The van der Waals surface area contributed by atoms with E-state index in [-0.39, 0.29) is 0 Å². The second kappa shape index (κ2) is 7.38. The molecule has 118 valence electrons. The fourth-order valence-corrected chi connectivity index (χ4v) is 2.84. The van der Waals surface area contributed by atoms with Gasteiger partial charge in [0.2, 0.25) is 5.89 Å². The van der Waals surface area contributed by atoms with Crippen LogP contribution in [0.15, 0.2) is 34.7 Å². The highest BCUT2D eigenvalue weighted by atomic mass is 16.4. The predicted octanol–water partition coefficient (Wildman–Crippen LogP) is 1.72. The molecule has 1 unspecified atom stereocenters. The van der Waals surface area contributed by atoms with E-state index in [0.29, 0.717) is 24.4 Å². The van der Waals surface area contributed by atoms with Crippen molar-refractivity contribution in [2.75, 3.05) is 32.0 Å². The van der Waals surface area contributed by atoms with Crippen molar-refractivity contribution < 1.29 is 4.42 Å². The van der Waals surface area contributed by atoms with E-state index in [1.54, 1.807) is 0 Å². The molecule has 1 atom stereocenters. The molecule has 0 saturated carbocycles. The average molecular weight is 301 g/mol. The summed E-state index contributed by atoms with van der Waals surface area (Å²) in [6.45, 7) is 4.77. The van der Waals surface area contributed by atoms with Gasteiger partial charge in [-0.15, -0.1) is 5.10 Å². The summed E-state index contributed by atoms with van der Waals surface area (Å²) in [6.07, 6.45) is 1.21. The van der Waals surface area contributed by atoms with Crippen LogP contribution < -0.4 is 10.6 Å². The monoisotopic (exact) mass is 301 g/mol. The Morgan fingerprint density at radius 2 is 2.14 bits per heavy atom. The van der Waals surface area contributed by atoms with Crippen molar-refractivity contribution in [1.82, 2.24) is 20.4 Å². The fourth-order valence-electron chi connectivity index (χ4n) is 2.84. The lowest BCUT2D eigenvalue weighted by Crippen LogP contribution is -2.22. The largest absolute Gasteiger partial charge is 0.407 e. The van der Waals surface area contributed by atoms with E-state index >= 15 is 0 Å². The molecule has 6 heteroatoms. The first-order chi connectivity index (χ1) is 10.8. The van der Waals surface area contributed by atoms with Gasteiger partial charge < -0.3 is 15.1 Å². The highest BCUT2D eigenvalue weighted by Gasteiger charge is 2.22. The van der Waals surface area contributed by atoms with Crippen molar-refractivity contribution in [1.29, 1.82) is 0 Å². The number of anilines is 1. The predicted molar refractivity (Wildman–Crippen MR) is 85.4 cm³/mol. The summed E-state index contributed by atoms with van der Waals surface area (Å²) in [4.78, 5) is 2.50. The SMILES string of the molecule is CNCc1nnc(NCC2CCN(Cc3ccccc3)C2)o1. The highest BCUT2D eigenvalue weighted by Crippen LogP contribution is 2.19. The summed E-state index contributed by atoms with van der Waals surface area (Å²) in [5.41, 5.74) is 1.38. The standard InChI is InChI=1S/C16H23N5O/c1-17-10-15-19-20-16(22-15)18-9-14-7-8-21(12-14)11-13-5-3-2-4-6-13/h2-6,14,17H,7-12H2,1H3,(H,18,20). The fraction of sp³-hybridized carbons (Fsp3) is 0.500. The summed E-state index contributed by atoms with van der Waals surface area (Å²) < 4.78 is 5.50. The number of benzene rings is 1. The van der Waals surface area contributed by atoms with Crippen LogP contribution in [0.4, 0.5) is 6.01 Å². The number of nitrogens with zero attached hydrogens (tertiary/aromatic N) is 3. The third kappa shape index (κ3) is 4.05. The Hall–Kier alpha value is -1.92. The Labute approximate surface area is 130 Å². The average Bonchev–Trinajstić information content (AvgIpc) is 3.16. The molecule has 2 aromatic rings. The van der Waals surface area contributed by atoms with Gasteiger partial charge in [0.05, 0.1) is 6.54 Å². The van der Waals surface area contributed by atoms with Gasteiger partial charge in [0.15, 0.2) is 0 Å². The maximum absolute atomic E-state index is 5.50. The van der Waals surface area contributed by atoms with E-state index in [0.717, 1.165) is 26.2 Å². The number of likely N-dealkylation sites (tertiary alicyclic amines) is 1. The first kappa shape index (κ1) is 15.0. The van der Waals surface area contributed by atoms with E-state index in [1.807, 2.05) is 7.05 Å². The van der Waals surface area contributed by atoms with Crippen molar-refractivity contribution in [2.24, 2.45) is 5.92 Å². The molecule has 0 aliphatic carbocycles. The van der Waals surface area contributed by atoms with Gasteiger partial charge in [0.1, 0.15) is 0 Å². The van der Waals surface area contributed by atoms with E-state index in [4.69, 9.17) is 4.42 Å². The number of aromatic nitrogens is 2. The second-order valence-electron chi connectivity index (χ2n) is 5.79. The maximum atomic E-state index is 5.50. The van der Waals surface area contributed by atoms with E-state index in [9.17, 15) is 0 Å². The van der Waals surface area contributed by atoms with Crippen LogP contribution in [0.5, 0.6) is 0 Å². The van der Waals surface area contributed by atoms with Crippen LogP contribution in [0, 0.1) is 5.92 Å². The molecule has 0 spiro atoms. The Kier molecular flexibility index (Phi) is 5.03. The molecule has 0 bridgehead atoms. The Morgan fingerprint density at radius 1 is 1.27 bits per heavy atom. The van der Waals surface area contributed by atoms with Crippen LogP contribution in [-0.4, -0.2) is 41.8 Å². The third-order valence-corrected chi connectivity index (χ3v) is 3.96. The Morgan fingerprint density at radius 3 is 2.95 bits per heavy atom. The van der Waals surface area contributed by atoms with Crippen LogP contribution in [-0.2, 0) is 13.1 Å². The van der Waals surface area contributed by atoms with Crippen LogP contribution in [0.2, 0.25) is 0 Å². The smallest absolute Gasteiger partial charge is 0.315 e. The Bertz CT molecular complexity index is 571. The molecule has 0 radical (unpaired) electrons. The van der Waals surface area contributed by atoms with Crippen molar-refractivity contribution >= 4 is 6.01 Å². The van der Waals surface area contributed by atoms with E-state index < -0.39 is 0 Å². The molecule has 1 aliphatic rings. The lowest BCUT2D eigenvalue weighted by molar-refractivity contribution is 0.318. The third-order valence-electron chi connectivity index (χ3n) is 3.96. The molecule has 1 aromatic heterocycles. The number of hydrogen-bond acceptors (Lipinski definition) is 6. The number of nitrogens with one attached hydrogen (secondary N) is 2. The topological polar surface area (TPSA) is 66.2 Å². The van der Waals surface area contributed by atoms with Crippen molar-refractivity contribution in [2.45, 2.75) is 19.5 Å². The van der Waals surface area contributed by atoms with Crippen LogP contribution in [0.3, 0.4) is 0 Å². The summed E-state index contributed by atoms with van der Waals surface area (Å²) in [5, 5.41) is 14.2. The van der Waals surface area contributed by atoms with Crippen LogP contribution in [0.25, 0.3) is 0 Å². The summed E-state index contributed by atoms with van der Waals surface area (Å²) >= 11 is 0. The zero-order valence-electron chi connectivity index (χ0n) is 13.0. The van der Waals surface area contributed by atoms with Gasteiger partial charge in [-0.3, -0.25) is 4.90 Å². The maximum Gasteiger partial charge on any atom is 0.315 e. The molecule has 1 fully saturated rings. The first-order valence-electron chi connectivity index (χ1n) is 7.80. The van der Waals surface area contributed by atoms with Gasteiger partial charge in [-0.25, -0.2) is 0 Å². The number of hydrogen-bond donors (Lipinski definition) is 2. The number of rotatable bonds is 7. The van der Waals surface area contributed by atoms with E-state index in [2.05, 4.69) is 56.1 Å².